The van der Waals surface area contributed by atoms with Crippen molar-refractivity contribution in [2.45, 2.75) is 51.1 Å². The molecule has 4 rings (SSSR count). The molecule has 0 saturated carbocycles. The van der Waals surface area contributed by atoms with Gasteiger partial charge >= 0.3 is 0 Å². The number of aliphatic hydroxyl groups excluding tert-OH is 2. The number of benzene rings is 4. The van der Waals surface area contributed by atoms with E-state index in [0.29, 0.717) is 39.3 Å². The minimum atomic E-state index is -0.930. The quantitative estimate of drug-likeness (QED) is 0.158. The van der Waals surface area contributed by atoms with Crippen molar-refractivity contribution in [3.63, 3.8) is 0 Å². The minimum absolute atomic E-state index is 0.215. The van der Waals surface area contributed by atoms with Gasteiger partial charge in [0.25, 0.3) is 0 Å². The lowest BCUT2D eigenvalue weighted by Crippen LogP contribution is -2.42. The highest BCUT2D eigenvalue weighted by Crippen LogP contribution is 2.25. The van der Waals surface area contributed by atoms with Crippen molar-refractivity contribution in [2.24, 2.45) is 11.8 Å². The third kappa shape index (κ3) is 10.0. The van der Waals surface area contributed by atoms with Crippen LogP contribution in [0.5, 0.6) is 0 Å². The summed E-state index contributed by atoms with van der Waals surface area (Å²) in [6.07, 6.45) is 1.19. The predicted molar refractivity (Wildman–Crippen MR) is 161 cm³/mol. The van der Waals surface area contributed by atoms with Gasteiger partial charge in [-0.15, -0.1) is 0 Å². The van der Waals surface area contributed by atoms with Crippen LogP contribution in [0.25, 0.3) is 0 Å². The van der Waals surface area contributed by atoms with Crippen LogP contribution in [0.15, 0.2) is 121 Å². The third-order valence-corrected chi connectivity index (χ3v) is 7.50. The highest BCUT2D eigenvalue weighted by Gasteiger charge is 2.32. The van der Waals surface area contributed by atoms with Crippen LogP contribution in [-0.4, -0.2) is 35.6 Å². The molecule has 0 bridgehead atoms. The van der Waals surface area contributed by atoms with E-state index < -0.39 is 12.2 Å². The van der Waals surface area contributed by atoms with Crippen LogP contribution < -0.4 is 0 Å². The first-order valence-electron chi connectivity index (χ1n) is 14.4. The fourth-order valence-corrected chi connectivity index (χ4v) is 5.06. The van der Waals surface area contributed by atoms with Crippen LogP contribution in [-0.2, 0) is 35.5 Å². The van der Waals surface area contributed by atoms with Gasteiger partial charge in [-0.2, -0.15) is 0 Å². The van der Waals surface area contributed by atoms with Crippen molar-refractivity contribution >= 4 is 0 Å². The highest BCUT2D eigenvalue weighted by molar-refractivity contribution is 5.16. The SMILES string of the molecule is O[C@H]([C@@H](CCc1ccccc1)COCc1ccccc1)[C@@H](O)[C@@H](CCc1ccccc1)COCc1ccccc1. The number of aryl methyl sites for hydroxylation is 2. The molecule has 0 aromatic heterocycles. The summed E-state index contributed by atoms with van der Waals surface area (Å²) in [6, 6.07) is 40.7. The highest BCUT2D eigenvalue weighted by atomic mass is 16.5. The van der Waals surface area contributed by atoms with Crippen molar-refractivity contribution in [2.75, 3.05) is 13.2 Å². The summed E-state index contributed by atoms with van der Waals surface area (Å²) in [7, 11) is 0. The molecule has 4 heteroatoms. The second-order valence-electron chi connectivity index (χ2n) is 10.6. The van der Waals surface area contributed by atoms with E-state index in [0.717, 1.165) is 24.0 Å². The average Bonchev–Trinajstić information content (AvgIpc) is 3.02. The minimum Gasteiger partial charge on any atom is -0.390 e. The molecule has 210 valence electrons. The maximum absolute atomic E-state index is 11.6. The molecule has 4 aromatic rings. The lowest BCUT2D eigenvalue weighted by molar-refractivity contribution is -0.0882. The summed E-state index contributed by atoms with van der Waals surface area (Å²) in [5.41, 5.74) is 4.61. The molecule has 0 spiro atoms. The van der Waals surface area contributed by atoms with E-state index in [1.54, 1.807) is 0 Å². The van der Waals surface area contributed by atoms with Crippen LogP contribution in [0.3, 0.4) is 0 Å². The molecular formula is C36H42O4. The van der Waals surface area contributed by atoms with E-state index in [-0.39, 0.29) is 11.8 Å². The van der Waals surface area contributed by atoms with Gasteiger partial charge in [-0.1, -0.05) is 121 Å². The Morgan fingerprint density at radius 2 is 0.725 bits per heavy atom. The monoisotopic (exact) mass is 538 g/mol. The van der Waals surface area contributed by atoms with Crippen LogP contribution in [0, 0.1) is 11.8 Å². The first-order valence-corrected chi connectivity index (χ1v) is 14.4. The summed E-state index contributed by atoms with van der Waals surface area (Å²) in [5.74, 6) is -0.431. The molecular weight excluding hydrogens is 496 g/mol. The molecule has 0 heterocycles. The molecule has 0 radical (unpaired) electrons. The molecule has 40 heavy (non-hydrogen) atoms. The molecule has 0 unspecified atom stereocenters. The largest absolute Gasteiger partial charge is 0.390 e. The lowest BCUT2D eigenvalue weighted by atomic mass is 9.84. The third-order valence-electron chi connectivity index (χ3n) is 7.50. The summed E-state index contributed by atoms with van der Waals surface area (Å²) >= 11 is 0. The summed E-state index contributed by atoms with van der Waals surface area (Å²) in [6.45, 7) is 1.69. The first kappa shape index (κ1) is 29.7. The number of rotatable bonds is 17. The van der Waals surface area contributed by atoms with Gasteiger partial charge in [-0.25, -0.2) is 0 Å². The molecule has 0 aliphatic carbocycles. The average molecular weight is 539 g/mol. The zero-order valence-corrected chi connectivity index (χ0v) is 23.2. The number of ether oxygens (including phenoxy) is 2. The van der Waals surface area contributed by atoms with E-state index in [9.17, 15) is 10.2 Å². The van der Waals surface area contributed by atoms with Crippen LogP contribution in [0.4, 0.5) is 0 Å². The second kappa shape index (κ2) is 16.7. The maximum atomic E-state index is 11.6. The van der Waals surface area contributed by atoms with Gasteiger partial charge in [0, 0.05) is 11.8 Å². The number of aliphatic hydroxyl groups is 2. The molecule has 0 saturated heterocycles. The van der Waals surface area contributed by atoms with Crippen LogP contribution >= 0.6 is 0 Å². The van der Waals surface area contributed by atoms with Gasteiger partial charge in [0.15, 0.2) is 0 Å². The smallest absolute Gasteiger partial charge is 0.0852 e. The van der Waals surface area contributed by atoms with Crippen molar-refractivity contribution in [3.05, 3.63) is 144 Å². The maximum Gasteiger partial charge on any atom is 0.0852 e. The predicted octanol–water partition coefficient (Wildman–Crippen LogP) is 6.64. The molecule has 2 N–H and O–H groups in total. The Labute approximate surface area is 239 Å². The molecule has 0 aliphatic rings. The fourth-order valence-electron chi connectivity index (χ4n) is 5.06. The summed E-state index contributed by atoms with van der Waals surface area (Å²) in [5, 5.41) is 23.1. The van der Waals surface area contributed by atoms with Crippen molar-refractivity contribution in [1.82, 2.24) is 0 Å². The first-order chi connectivity index (χ1) is 19.7. The zero-order valence-electron chi connectivity index (χ0n) is 23.2. The molecule has 4 nitrogen and oxygen atoms in total. The van der Waals surface area contributed by atoms with E-state index in [4.69, 9.17) is 9.47 Å². The van der Waals surface area contributed by atoms with Crippen molar-refractivity contribution < 1.29 is 19.7 Å². The number of hydrogen-bond donors (Lipinski definition) is 2. The fraction of sp³-hybridized carbons (Fsp3) is 0.333. The van der Waals surface area contributed by atoms with E-state index in [2.05, 4.69) is 24.3 Å². The topological polar surface area (TPSA) is 58.9 Å². The van der Waals surface area contributed by atoms with E-state index in [1.165, 1.54) is 11.1 Å². The molecule has 0 aliphatic heterocycles. The molecule has 4 aromatic carbocycles. The molecule has 0 amide bonds. The van der Waals surface area contributed by atoms with E-state index >= 15 is 0 Å². The van der Waals surface area contributed by atoms with Crippen LogP contribution in [0.2, 0.25) is 0 Å². The molecule has 0 fully saturated rings. The van der Waals surface area contributed by atoms with Gasteiger partial charge in [-0.3, -0.25) is 0 Å². The van der Waals surface area contributed by atoms with Gasteiger partial charge < -0.3 is 19.7 Å². The summed E-state index contributed by atoms with van der Waals surface area (Å²) in [4.78, 5) is 0. The summed E-state index contributed by atoms with van der Waals surface area (Å²) < 4.78 is 12.2. The normalized spacial score (nSPS) is 14.3. The van der Waals surface area contributed by atoms with Crippen LogP contribution in [0.1, 0.15) is 35.1 Å². The van der Waals surface area contributed by atoms with Gasteiger partial charge in [0.05, 0.1) is 38.6 Å². The standard InChI is InChI=1S/C36H42O4/c37-35(33(23-21-29-13-5-1-6-14-29)27-39-25-31-17-9-3-10-18-31)36(38)34(24-22-30-15-7-2-8-16-30)28-40-26-32-19-11-4-12-20-32/h1-20,33-38H,21-28H2/t33-,34-,35-,36+/m0/s1. The van der Waals surface area contributed by atoms with Crippen molar-refractivity contribution in [3.8, 4) is 0 Å². The Morgan fingerprint density at radius 1 is 0.425 bits per heavy atom. The Morgan fingerprint density at radius 3 is 1.05 bits per heavy atom. The Hall–Kier alpha value is -3.28. The number of hydrogen-bond acceptors (Lipinski definition) is 4. The Bertz CT molecular complexity index is 1090. The van der Waals surface area contributed by atoms with Crippen molar-refractivity contribution in [1.29, 1.82) is 0 Å². The zero-order chi connectivity index (χ0) is 27.8. The van der Waals surface area contributed by atoms with Gasteiger partial charge in [-0.05, 0) is 47.9 Å². The molecule has 4 atom stereocenters. The van der Waals surface area contributed by atoms with E-state index in [1.807, 2.05) is 97.1 Å². The Kier molecular flexibility index (Phi) is 12.4. The lowest BCUT2D eigenvalue weighted by Gasteiger charge is -2.32. The Balaban J connectivity index is 1.42. The van der Waals surface area contributed by atoms with Gasteiger partial charge in [0.2, 0.25) is 0 Å². The second-order valence-corrected chi connectivity index (χ2v) is 10.6. The van der Waals surface area contributed by atoms with Gasteiger partial charge in [0.1, 0.15) is 0 Å².